The van der Waals surface area contributed by atoms with E-state index in [1.165, 1.54) is 0 Å². The Bertz CT molecular complexity index is 369. The van der Waals surface area contributed by atoms with Crippen molar-refractivity contribution in [1.29, 1.82) is 0 Å². The average molecular weight is 222 g/mol. The van der Waals surface area contributed by atoms with Gasteiger partial charge in [0.25, 0.3) is 0 Å². The molecule has 0 aliphatic carbocycles. The second-order valence-electron chi connectivity index (χ2n) is 4.04. The van der Waals surface area contributed by atoms with E-state index in [4.69, 9.17) is 10.5 Å². The highest BCUT2D eigenvalue weighted by molar-refractivity contribution is 5.48. The van der Waals surface area contributed by atoms with Crippen LogP contribution >= 0.6 is 0 Å². The summed E-state index contributed by atoms with van der Waals surface area (Å²) in [5.41, 5.74) is 5.78. The van der Waals surface area contributed by atoms with E-state index in [1.54, 1.807) is 0 Å². The summed E-state index contributed by atoms with van der Waals surface area (Å²) in [6, 6.07) is 2.17. The molecule has 0 radical (unpaired) electrons. The largest absolute Gasteiger partial charge is 0.384 e. The first kappa shape index (κ1) is 11.1. The van der Waals surface area contributed by atoms with Gasteiger partial charge in [-0.1, -0.05) is 6.92 Å². The zero-order chi connectivity index (χ0) is 11.5. The first-order valence-corrected chi connectivity index (χ1v) is 5.68. The second-order valence-corrected chi connectivity index (χ2v) is 4.04. The van der Waals surface area contributed by atoms with Crippen LogP contribution in [0.2, 0.25) is 0 Å². The van der Waals surface area contributed by atoms with Crippen molar-refractivity contribution in [3.8, 4) is 0 Å². The maximum absolute atomic E-state index is 5.78. The number of anilines is 2. The van der Waals surface area contributed by atoms with Crippen molar-refractivity contribution in [3.63, 3.8) is 0 Å². The van der Waals surface area contributed by atoms with E-state index < -0.39 is 0 Å². The molecule has 1 aliphatic rings. The highest BCUT2D eigenvalue weighted by Crippen LogP contribution is 2.19. The van der Waals surface area contributed by atoms with Crippen LogP contribution in [0.4, 0.5) is 11.6 Å². The number of hydrogen-bond acceptors (Lipinski definition) is 5. The van der Waals surface area contributed by atoms with E-state index in [9.17, 15) is 0 Å². The number of nitrogens with two attached hydrogens (primary N) is 1. The van der Waals surface area contributed by atoms with Crippen molar-refractivity contribution in [2.24, 2.45) is 0 Å². The topological polar surface area (TPSA) is 64.3 Å². The Balaban J connectivity index is 2.27. The van der Waals surface area contributed by atoms with Crippen LogP contribution in [-0.4, -0.2) is 35.8 Å². The zero-order valence-corrected chi connectivity index (χ0v) is 9.81. The molecule has 2 N–H and O–H groups in total. The van der Waals surface area contributed by atoms with Gasteiger partial charge in [0, 0.05) is 19.0 Å². The second kappa shape index (κ2) is 4.65. The summed E-state index contributed by atoms with van der Waals surface area (Å²) in [5, 5.41) is 0. The molecule has 1 fully saturated rings. The maximum Gasteiger partial charge on any atom is 0.134 e. The van der Waals surface area contributed by atoms with Crippen molar-refractivity contribution in [3.05, 3.63) is 11.9 Å². The molecule has 1 atom stereocenters. The van der Waals surface area contributed by atoms with E-state index in [2.05, 4.69) is 21.8 Å². The fourth-order valence-corrected chi connectivity index (χ4v) is 1.88. The van der Waals surface area contributed by atoms with Gasteiger partial charge in [-0.2, -0.15) is 0 Å². The van der Waals surface area contributed by atoms with E-state index in [-0.39, 0.29) is 0 Å². The molecule has 2 heterocycles. The highest BCUT2D eigenvalue weighted by atomic mass is 16.5. The van der Waals surface area contributed by atoms with Gasteiger partial charge in [-0.3, -0.25) is 0 Å². The lowest BCUT2D eigenvalue weighted by Gasteiger charge is -2.34. The van der Waals surface area contributed by atoms with Crippen LogP contribution in [0.3, 0.4) is 0 Å². The van der Waals surface area contributed by atoms with Gasteiger partial charge in [0.05, 0.1) is 19.3 Å². The standard InChI is InChI=1S/C11H18N4O/c1-3-10-13-9(12)6-11(14-10)15-4-5-16-7-8(15)2/h6,8H,3-5,7H2,1-2H3,(H2,12,13,14). The maximum atomic E-state index is 5.78. The lowest BCUT2D eigenvalue weighted by molar-refractivity contribution is 0.0985. The molecule has 0 aromatic carbocycles. The number of nitrogens with zero attached hydrogens (tertiary/aromatic N) is 3. The SMILES string of the molecule is CCc1nc(N)cc(N2CCOCC2C)n1. The van der Waals surface area contributed by atoms with Gasteiger partial charge in [-0.05, 0) is 6.92 Å². The lowest BCUT2D eigenvalue weighted by Crippen LogP contribution is -2.44. The molecular formula is C11H18N4O. The highest BCUT2D eigenvalue weighted by Gasteiger charge is 2.20. The minimum atomic E-state index is 0.341. The molecule has 1 aromatic heterocycles. The number of nitrogen functional groups attached to an aromatic ring is 1. The third-order valence-electron chi connectivity index (χ3n) is 2.76. The van der Waals surface area contributed by atoms with E-state index in [0.29, 0.717) is 11.9 Å². The fraction of sp³-hybridized carbons (Fsp3) is 0.636. The van der Waals surface area contributed by atoms with Crippen molar-refractivity contribution < 1.29 is 4.74 Å². The number of hydrogen-bond donors (Lipinski definition) is 1. The van der Waals surface area contributed by atoms with E-state index in [1.807, 2.05) is 13.0 Å². The third kappa shape index (κ3) is 2.24. The summed E-state index contributed by atoms with van der Waals surface area (Å²) in [6.45, 7) is 6.51. The Morgan fingerprint density at radius 2 is 2.38 bits per heavy atom. The van der Waals surface area contributed by atoms with Crippen LogP contribution < -0.4 is 10.6 Å². The summed E-state index contributed by atoms with van der Waals surface area (Å²) in [4.78, 5) is 10.9. The van der Waals surface area contributed by atoms with Crippen LogP contribution in [0.15, 0.2) is 6.07 Å². The molecule has 2 rings (SSSR count). The minimum absolute atomic E-state index is 0.341. The number of morpholine rings is 1. The number of aromatic nitrogens is 2. The summed E-state index contributed by atoms with van der Waals surface area (Å²) in [5.74, 6) is 2.26. The predicted octanol–water partition coefficient (Wildman–Crippen LogP) is 0.846. The number of aryl methyl sites for hydroxylation is 1. The molecule has 16 heavy (non-hydrogen) atoms. The molecule has 1 saturated heterocycles. The van der Waals surface area contributed by atoms with Gasteiger partial charge in [-0.15, -0.1) is 0 Å². The molecule has 5 heteroatoms. The molecule has 0 spiro atoms. The summed E-state index contributed by atoms with van der Waals surface area (Å²) < 4.78 is 5.40. The van der Waals surface area contributed by atoms with Crippen LogP contribution in [-0.2, 0) is 11.2 Å². The Hall–Kier alpha value is -1.36. The third-order valence-corrected chi connectivity index (χ3v) is 2.76. The Labute approximate surface area is 95.6 Å². The van der Waals surface area contributed by atoms with E-state index in [0.717, 1.165) is 37.8 Å². The van der Waals surface area contributed by atoms with Crippen LogP contribution in [0.1, 0.15) is 19.7 Å². The van der Waals surface area contributed by atoms with Gasteiger partial charge < -0.3 is 15.4 Å². The molecule has 0 bridgehead atoms. The first-order chi connectivity index (χ1) is 7.70. The lowest BCUT2D eigenvalue weighted by atomic mass is 10.2. The monoisotopic (exact) mass is 222 g/mol. The quantitative estimate of drug-likeness (QED) is 0.803. The Kier molecular flexibility index (Phi) is 3.24. The van der Waals surface area contributed by atoms with Gasteiger partial charge >= 0.3 is 0 Å². The summed E-state index contributed by atoms with van der Waals surface area (Å²) in [6.07, 6.45) is 0.802. The summed E-state index contributed by atoms with van der Waals surface area (Å²) >= 11 is 0. The summed E-state index contributed by atoms with van der Waals surface area (Å²) in [7, 11) is 0. The van der Waals surface area contributed by atoms with Crippen molar-refractivity contribution in [2.75, 3.05) is 30.4 Å². The number of rotatable bonds is 2. The van der Waals surface area contributed by atoms with Gasteiger partial charge in [0.1, 0.15) is 17.5 Å². The van der Waals surface area contributed by atoms with Gasteiger partial charge in [0.2, 0.25) is 0 Å². The van der Waals surface area contributed by atoms with Crippen molar-refractivity contribution in [1.82, 2.24) is 9.97 Å². The van der Waals surface area contributed by atoms with E-state index >= 15 is 0 Å². The van der Waals surface area contributed by atoms with Gasteiger partial charge in [-0.25, -0.2) is 9.97 Å². The smallest absolute Gasteiger partial charge is 0.134 e. The molecule has 0 saturated carbocycles. The zero-order valence-electron chi connectivity index (χ0n) is 9.81. The molecule has 5 nitrogen and oxygen atoms in total. The Morgan fingerprint density at radius 3 is 3.06 bits per heavy atom. The molecule has 1 aromatic rings. The molecule has 0 amide bonds. The Morgan fingerprint density at radius 1 is 1.56 bits per heavy atom. The van der Waals surface area contributed by atoms with Gasteiger partial charge in [0.15, 0.2) is 0 Å². The van der Waals surface area contributed by atoms with Crippen LogP contribution in [0.5, 0.6) is 0 Å². The minimum Gasteiger partial charge on any atom is -0.384 e. The number of ether oxygens (including phenoxy) is 1. The molecule has 88 valence electrons. The molecule has 1 unspecified atom stereocenters. The predicted molar refractivity (Wildman–Crippen MR) is 63.4 cm³/mol. The van der Waals surface area contributed by atoms with Crippen LogP contribution in [0.25, 0.3) is 0 Å². The average Bonchev–Trinajstić information content (AvgIpc) is 2.28. The normalized spacial score (nSPS) is 21.1. The fourth-order valence-electron chi connectivity index (χ4n) is 1.88. The van der Waals surface area contributed by atoms with Crippen molar-refractivity contribution >= 4 is 11.6 Å². The molecular weight excluding hydrogens is 204 g/mol. The first-order valence-electron chi connectivity index (χ1n) is 5.68. The molecule has 1 aliphatic heterocycles. The van der Waals surface area contributed by atoms with Crippen molar-refractivity contribution in [2.45, 2.75) is 26.3 Å². The van der Waals surface area contributed by atoms with Crippen LogP contribution in [0, 0.1) is 0 Å².